The van der Waals surface area contributed by atoms with E-state index in [0.29, 0.717) is 16.5 Å². The number of nitrogens with one attached hydrogen (secondary N) is 1. The van der Waals surface area contributed by atoms with Gasteiger partial charge >= 0.3 is 0 Å². The van der Waals surface area contributed by atoms with Gasteiger partial charge in [0.05, 0.1) is 11.6 Å². The van der Waals surface area contributed by atoms with Crippen molar-refractivity contribution in [3.05, 3.63) is 33.8 Å². The molecule has 3 N–H and O–H groups in total. The van der Waals surface area contributed by atoms with E-state index in [9.17, 15) is 0 Å². The van der Waals surface area contributed by atoms with Crippen molar-refractivity contribution < 1.29 is 4.74 Å². The van der Waals surface area contributed by atoms with Crippen LogP contribution in [0.3, 0.4) is 0 Å². The summed E-state index contributed by atoms with van der Waals surface area (Å²) in [4.78, 5) is 0. The van der Waals surface area contributed by atoms with E-state index in [1.165, 1.54) is 0 Å². The van der Waals surface area contributed by atoms with E-state index >= 15 is 0 Å². The third kappa shape index (κ3) is 3.59. The summed E-state index contributed by atoms with van der Waals surface area (Å²) in [6, 6.07) is 5.46. The van der Waals surface area contributed by atoms with Gasteiger partial charge in [-0.3, -0.25) is 11.3 Å². The minimum atomic E-state index is -0.336. The lowest BCUT2D eigenvalue weighted by atomic mass is 9.88. The predicted octanol–water partition coefficient (Wildman–Crippen LogP) is 3.18. The first-order valence-corrected chi connectivity index (χ1v) is 6.67. The monoisotopic (exact) mass is 290 g/mol. The van der Waals surface area contributed by atoms with Crippen LogP contribution < -0.4 is 11.3 Å². The van der Waals surface area contributed by atoms with Crippen molar-refractivity contribution in [2.24, 2.45) is 5.84 Å². The number of methoxy groups -OCH3 is 1. The summed E-state index contributed by atoms with van der Waals surface area (Å²) < 4.78 is 5.56. The fourth-order valence-electron chi connectivity index (χ4n) is 1.89. The van der Waals surface area contributed by atoms with E-state index in [1.807, 2.05) is 19.1 Å². The fourth-order valence-corrected chi connectivity index (χ4v) is 2.38. The molecule has 1 rings (SSSR count). The summed E-state index contributed by atoms with van der Waals surface area (Å²) >= 11 is 12.1. The Bertz CT molecular complexity index is 395. The summed E-state index contributed by atoms with van der Waals surface area (Å²) in [5.74, 6) is 5.64. The summed E-state index contributed by atoms with van der Waals surface area (Å²) in [6.07, 6.45) is 1.54. The van der Waals surface area contributed by atoms with E-state index in [0.717, 1.165) is 12.0 Å². The van der Waals surface area contributed by atoms with Gasteiger partial charge in [0.15, 0.2) is 0 Å². The Balaban J connectivity index is 2.92. The van der Waals surface area contributed by atoms with Gasteiger partial charge in [-0.2, -0.15) is 0 Å². The van der Waals surface area contributed by atoms with E-state index in [1.54, 1.807) is 13.2 Å². The number of hydrazine groups is 1. The Morgan fingerprint density at radius 1 is 1.44 bits per heavy atom. The normalized spacial score (nSPS) is 16.3. The lowest BCUT2D eigenvalue weighted by Gasteiger charge is -2.35. The standard InChI is InChI=1S/C13H20Cl2N2O/c1-4-13(2,18-3)12(17-16)7-9-5-6-10(14)8-11(9)15/h5-6,8,12,17H,4,7,16H2,1-3H3. The van der Waals surface area contributed by atoms with E-state index in [2.05, 4.69) is 12.3 Å². The first kappa shape index (κ1) is 15.7. The van der Waals surface area contributed by atoms with Crippen molar-refractivity contribution in [3.8, 4) is 0 Å². The van der Waals surface area contributed by atoms with E-state index in [-0.39, 0.29) is 11.6 Å². The van der Waals surface area contributed by atoms with Crippen molar-refractivity contribution in [2.45, 2.75) is 38.3 Å². The predicted molar refractivity (Wildman–Crippen MR) is 77.0 cm³/mol. The number of nitrogens with two attached hydrogens (primary N) is 1. The summed E-state index contributed by atoms with van der Waals surface area (Å²) in [6.45, 7) is 4.10. The third-order valence-electron chi connectivity index (χ3n) is 3.55. The van der Waals surface area contributed by atoms with Gasteiger partial charge in [0.2, 0.25) is 0 Å². The summed E-state index contributed by atoms with van der Waals surface area (Å²) in [5, 5.41) is 1.28. The molecule has 0 fully saturated rings. The van der Waals surface area contributed by atoms with Gasteiger partial charge in [0.1, 0.15) is 0 Å². The second-order valence-corrected chi connectivity index (χ2v) is 5.37. The van der Waals surface area contributed by atoms with Crippen LogP contribution in [0.1, 0.15) is 25.8 Å². The van der Waals surface area contributed by atoms with Crippen LogP contribution in [-0.2, 0) is 11.2 Å². The van der Waals surface area contributed by atoms with Crippen LogP contribution in [0, 0.1) is 0 Å². The molecule has 0 saturated carbocycles. The zero-order valence-corrected chi connectivity index (χ0v) is 12.5. The summed E-state index contributed by atoms with van der Waals surface area (Å²) in [7, 11) is 1.69. The van der Waals surface area contributed by atoms with Crippen LogP contribution in [0.2, 0.25) is 10.0 Å². The highest BCUT2D eigenvalue weighted by molar-refractivity contribution is 6.35. The SMILES string of the molecule is CCC(C)(OC)C(Cc1ccc(Cl)cc1Cl)NN. The summed E-state index contributed by atoms with van der Waals surface area (Å²) in [5.41, 5.74) is 3.48. The zero-order chi connectivity index (χ0) is 13.8. The van der Waals surface area contributed by atoms with Crippen LogP contribution in [-0.4, -0.2) is 18.8 Å². The van der Waals surface area contributed by atoms with Gasteiger partial charge in [-0.05, 0) is 37.5 Å². The topological polar surface area (TPSA) is 47.3 Å². The van der Waals surface area contributed by atoms with Crippen LogP contribution in [0.25, 0.3) is 0 Å². The largest absolute Gasteiger partial charge is 0.377 e. The number of hydrogen-bond donors (Lipinski definition) is 2. The third-order valence-corrected chi connectivity index (χ3v) is 4.13. The Labute approximate surface area is 119 Å². The van der Waals surface area contributed by atoms with Crippen LogP contribution in [0.4, 0.5) is 0 Å². The van der Waals surface area contributed by atoms with Gasteiger partial charge in [0.25, 0.3) is 0 Å². The highest BCUT2D eigenvalue weighted by Crippen LogP contribution is 2.26. The van der Waals surface area contributed by atoms with Crippen molar-refractivity contribution in [1.82, 2.24) is 5.43 Å². The van der Waals surface area contributed by atoms with Gasteiger partial charge in [-0.15, -0.1) is 0 Å². The van der Waals surface area contributed by atoms with Crippen LogP contribution >= 0.6 is 23.2 Å². The smallest absolute Gasteiger partial charge is 0.0817 e. The minimum Gasteiger partial charge on any atom is -0.377 e. The first-order valence-electron chi connectivity index (χ1n) is 5.92. The fraction of sp³-hybridized carbons (Fsp3) is 0.538. The molecule has 1 aromatic rings. The Kier molecular flexibility index (Phi) is 5.89. The molecule has 0 aliphatic carbocycles. The van der Waals surface area contributed by atoms with E-state index < -0.39 is 0 Å². The maximum absolute atomic E-state index is 6.17. The second-order valence-electron chi connectivity index (χ2n) is 4.53. The molecule has 0 spiro atoms. The average molecular weight is 291 g/mol. The van der Waals surface area contributed by atoms with E-state index in [4.69, 9.17) is 33.8 Å². The lowest BCUT2D eigenvalue weighted by Crippen LogP contribution is -2.53. The lowest BCUT2D eigenvalue weighted by molar-refractivity contribution is -0.0288. The molecule has 102 valence electrons. The van der Waals surface area contributed by atoms with Crippen LogP contribution in [0.5, 0.6) is 0 Å². The van der Waals surface area contributed by atoms with Crippen molar-refractivity contribution in [3.63, 3.8) is 0 Å². The number of halogens is 2. The maximum atomic E-state index is 6.17. The molecule has 2 unspecified atom stereocenters. The molecule has 3 nitrogen and oxygen atoms in total. The molecule has 0 aliphatic rings. The first-order chi connectivity index (χ1) is 8.46. The molecule has 0 radical (unpaired) electrons. The molecule has 0 aliphatic heterocycles. The molecule has 0 amide bonds. The Morgan fingerprint density at radius 3 is 2.56 bits per heavy atom. The van der Waals surface area contributed by atoms with Crippen LogP contribution in [0.15, 0.2) is 18.2 Å². The molecule has 0 heterocycles. The quantitative estimate of drug-likeness (QED) is 0.625. The average Bonchev–Trinajstić information content (AvgIpc) is 2.37. The Morgan fingerprint density at radius 2 is 2.11 bits per heavy atom. The number of ether oxygens (including phenoxy) is 1. The zero-order valence-electron chi connectivity index (χ0n) is 11.0. The molecule has 0 bridgehead atoms. The minimum absolute atomic E-state index is 0.0221. The molecule has 5 heteroatoms. The van der Waals surface area contributed by atoms with Crippen molar-refractivity contribution >= 4 is 23.2 Å². The second kappa shape index (κ2) is 6.73. The molecular weight excluding hydrogens is 271 g/mol. The van der Waals surface area contributed by atoms with Gasteiger partial charge in [-0.25, -0.2) is 0 Å². The van der Waals surface area contributed by atoms with Crippen molar-refractivity contribution in [2.75, 3.05) is 7.11 Å². The highest BCUT2D eigenvalue weighted by Gasteiger charge is 2.32. The molecule has 2 atom stereocenters. The number of rotatable bonds is 6. The van der Waals surface area contributed by atoms with Gasteiger partial charge in [0, 0.05) is 17.2 Å². The molecular formula is C13H20Cl2N2O. The molecule has 1 aromatic carbocycles. The Hall–Kier alpha value is -0.320. The molecule has 0 aromatic heterocycles. The van der Waals surface area contributed by atoms with Gasteiger partial charge in [-0.1, -0.05) is 36.2 Å². The van der Waals surface area contributed by atoms with Crippen molar-refractivity contribution in [1.29, 1.82) is 0 Å². The molecule has 0 saturated heterocycles. The van der Waals surface area contributed by atoms with Gasteiger partial charge < -0.3 is 4.74 Å². The number of hydrogen-bond acceptors (Lipinski definition) is 3. The highest BCUT2D eigenvalue weighted by atomic mass is 35.5. The number of benzene rings is 1. The molecule has 18 heavy (non-hydrogen) atoms. The maximum Gasteiger partial charge on any atom is 0.0817 e.